The van der Waals surface area contributed by atoms with E-state index >= 15 is 0 Å². The maximum atomic E-state index is 12.0. The van der Waals surface area contributed by atoms with Crippen molar-refractivity contribution in [2.24, 2.45) is 16.5 Å². The quantitative estimate of drug-likeness (QED) is 0.700. The Bertz CT molecular complexity index is 1160. The van der Waals surface area contributed by atoms with Gasteiger partial charge in [0, 0.05) is 15.3 Å². The van der Waals surface area contributed by atoms with Crippen LogP contribution < -0.4 is 17.0 Å². The first-order valence-corrected chi connectivity index (χ1v) is 9.66. The van der Waals surface area contributed by atoms with Gasteiger partial charge in [-0.05, 0) is 55.5 Å². The summed E-state index contributed by atoms with van der Waals surface area (Å²) in [6.07, 6.45) is 3.78. The maximum absolute atomic E-state index is 12.0. The first-order chi connectivity index (χ1) is 12.9. The largest absolute Gasteiger partial charge is 0.437 e. The summed E-state index contributed by atoms with van der Waals surface area (Å²) in [5.41, 5.74) is 13.2. The van der Waals surface area contributed by atoms with E-state index in [0.717, 1.165) is 36.1 Å². The molecule has 0 bridgehead atoms. The number of carbonyl (C=O) groups is 2. The molecule has 8 heteroatoms. The number of nitrogens with zero attached hydrogens (tertiary/aromatic N) is 1. The molecule has 6 nitrogen and oxygen atoms in total. The molecule has 4 N–H and O–H groups in total. The summed E-state index contributed by atoms with van der Waals surface area (Å²) in [4.78, 5) is 29.6. The molecule has 0 spiro atoms. The Balaban J connectivity index is 1.99. The van der Waals surface area contributed by atoms with Crippen LogP contribution in [0, 0.1) is 0 Å². The summed E-state index contributed by atoms with van der Waals surface area (Å²) >= 11 is 7.42. The van der Waals surface area contributed by atoms with E-state index in [9.17, 15) is 9.59 Å². The lowest BCUT2D eigenvalue weighted by atomic mass is 9.95. The molecular formula is C19H16ClN3O3S. The zero-order valence-corrected chi connectivity index (χ0v) is 15.8. The molecule has 4 rings (SSSR count). The Morgan fingerprint density at radius 2 is 1.89 bits per heavy atom. The highest BCUT2D eigenvalue weighted by Gasteiger charge is 2.24. The topological polar surface area (TPSA) is 112 Å². The van der Waals surface area contributed by atoms with Crippen molar-refractivity contribution >= 4 is 50.7 Å². The highest BCUT2D eigenvalue weighted by molar-refractivity contribution is 7.16. The Labute approximate surface area is 163 Å². The summed E-state index contributed by atoms with van der Waals surface area (Å²) in [6.45, 7) is 0. The molecule has 2 aromatic heterocycles. The van der Waals surface area contributed by atoms with Crippen LogP contribution in [-0.2, 0) is 12.8 Å². The van der Waals surface area contributed by atoms with Crippen LogP contribution in [0.3, 0.4) is 0 Å². The summed E-state index contributed by atoms with van der Waals surface area (Å²) in [7, 11) is 0. The molecule has 0 fully saturated rings. The van der Waals surface area contributed by atoms with Crippen LogP contribution in [0.25, 0.3) is 11.0 Å². The second kappa shape index (κ2) is 6.83. The van der Waals surface area contributed by atoms with Crippen molar-refractivity contribution < 1.29 is 14.0 Å². The number of benzene rings is 1. The van der Waals surface area contributed by atoms with Crippen LogP contribution in [0.15, 0.2) is 33.7 Å². The highest BCUT2D eigenvalue weighted by Crippen LogP contribution is 2.39. The lowest BCUT2D eigenvalue weighted by Crippen LogP contribution is -2.22. The van der Waals surface area contributed by atoms with E-state index in [4.69, 9.17) is 27.5 Å². The summed E-state index contributed by atoms with van der Waals surface area (Å²) in [5, 5.41) is 1.60. The van der Waals surface area contributed by atoms with E-state index in [2.05, 4.69) is 4.99 Å². The Morgan fingerprint density at radius 1 is 1.11 bits per heavy atom. The van der Waals surface area contributed by atoms with Gasteiger partial charge in [0.2, 0.25) is 5.55 Å². The summed E-state index contributed by atoms with van der Waals surface area (Å²) in [6, 6.07) is 6.63. The predicted molar refractivity (Wildman–Crippen MR) is 104 cm³/mol. The fourth-order valence-corrected chi connectivity index (χ4v) is 4.78. The molecule has 0 radical (unpaired) electrons. The van der Waals surface area contributed by atoms with E-state index in [1.807, 2.05) is 0 Å². The standard InChI is InChI=1S/C19H16ClN3O3S/c20-10-5-6-13-9(7-10)8-12(16(21)24)18(26-13)23-19-15(17(22)25)11-3-1-2-4-14(11)27-19/h5-8H,1-4H2,(H2,21,24)(H2,22,25)/b23-18-. The molecule has 2 heterocycles. The van der Waals surface area contributed by atoms with Crippen LogP contribution >= 0.6 is 22.9 Å². The van der Waals surface area contributed by atoms with Crippen molar-refractivity contribution in [3.63, 3.8) is 0 Å². The van der Waals surface area contributed by atoms with E-state index < -0.39 is 11.8 Å². The number of halogens is 1. The Kier molecular flexibility index (Phi) is 4.49. The highest BCUT2D eigenvalue weighted by atomic mass is 35.5. The third-order valence-electron chi connectivity index (χ3n) is 4.58. The van der Waals surface area contributed by atoms with Gasteiger partial charge in [-0.3, -0.25) is 9.59 Å². The van der Waals surface area contributed by atoms with Crippen molar-refractivity contribution in [1.29, 1.82) is 0 Å². The predicted octanol–water partition coefficient (Wildman–Crippen LogP) is 3.46. The fraction of sp³-hybridized carbons (Fsp3) is 0.211. The molecule has 3 aromatic rings. The molecule has 1 aliphatic rings. The lowest BCUT2D eigenvalue weighted by molar-refractivity contribution is 0.0990. The van der Waals surface area contributed by atoms with Gasteiger partial charge in [-0.15, -0.1) is 11.3 Å². The number of amides is 2. The molecule has 1 aliphatic carbocycles. The van der Waals surface area contributed by atoms with E-state index in [1.54, 1.807) is 24.3 Å². The van der Waals surface area contributed by atoms with Crippen LogP contribution in [0.4, 0.5) is 5.00 Å². The second-order valence-electron chi connectivity index (χ2n) is 6.38. The molecule has 1 aromatic carbocycles. The van der Waals surface area contributed by atoms with Gasteiger partial charge in [0.15, 0.2) is 0 Å². The monoisotopic (exact) mass is 401 g/mol. The first-order valence-electron chi connectivity index (χ1n) is 8.46. The normalized spacial score (nSPS) is 14.3. The van der Waals surface area contributed by atoms with Crippen molar-refractivity contribution in [3.8, 4) is 0 Å². The Morgan fingerprint density at radius 3 is 2.63 bits per heavy atom. The van der Waals surface area contributed by atoms with E-state index in [0.29, 0.717) is 26.6 Å². The third-order valence-corrected chi connectivity index (χ3v) is 6.00. The number of hydrogen-bond donors (Lipinski definition) is 2. The SMILES string of the molecule is NC(=O)c1c(/N=c2\oc3ccc(Cl)cc3cc2C(N)=O)sc2c1CCCC2. The molecule has 27 heavy (non-hydrogen) atoms. The average molecular weight is 402 g/mol. The van der Waals surface area contributed by atoms with Gasteiger partial charge in [-0.2, -0.15) is 0 Å². The maximum Gasteiger partial charge on any atom is 0.254 e. The molecular weight excluding hydrogens is 386 g/mol. The smallest absolute Gasteiger partial charge is 0.254 e. The summed E-state index contributed by atoms with van der Waals surface area (Å²) < 4.78 is 5.81. The lowest BCUT2D eigenvalue weighted by Gasteiger charge is -2.10. The first kappa shape index (κ1) is 17.8. The van der Waals surface area contributed by atoms with Gasteiger partial charge in [-0.25, -0.2) is 4.99 Å². The molecule has 138 valence electrons. The minimum absolute atomic E-state index is 0.0541. The van der Waals surface area contributed by atoms with Crippen LogP contribution in [-0.4, -0.2) is 11.8 Å². The number of thiophene rings is 1. The second-order valence-corrected chi connectivity index (χ2v) is 7.90. The minimum atomic E-state index is -0.679. The number of fused-ring (bicyclic) bond motifs is 2. The number of nitrogens with two attached hydrogens (primary N) is 2. The van der Waals surface area contributed by atoms with Crippen molar-refractivity contribution in [2.45, 2.75) is 25.7 Å². The minimum Gasteiger partial charge on any atom is -0.437 e. The average Bonchev–Trinajstić information content (AvgIpc) is 2.99. The zero-order valence-electron chi connectivity index (χ0n) is 14.3. The molecule has 0 saturated carbocycles. The van der Waals surface area contributed by atoms with Crippen LogP contribution in [0.5, 0.6) is 0 Å². The van der Waals surface area contributed by atoms with Crippen LogP contribution in [0.2, 0.25) is 5.02 Å². The van der Waals surface area contributed by atoms with Gasteiger partial charge in [0.25, 0.3) is 11.8 Å². The van der Waals surface area contributed by atoms with Crippen molar-refractivity contribution in [2.75, 3.05) is 0 Å². The van der Waals surface area contributed by atoms with Crippen LogP contribution in [0.1, 0.15) is 44.0 Å². The number of primary amides is 2. The van der Waals surface area contributed by atoms with Crippen molar-refractivity contribution in [3.05, 3.63) is 56.4 Å². The van der Waals surface area contributed by atoms with Gasteiger partial charge in [0.1, 0.15) is 16.1 Å². The van der Waals surface area contributed by atoms with Crippen molar-refractivity contribution in [1.82, 2.24) is 0 Å². The fourth-order valence-electron chi connectivity index (χ4n) is 3.34. The molecule has 0 saturated heterocycles. The number of hydrogen-bond acceptors (Lipinski definition) is 5. The summed E-state index contributed by atoms with van der Waals surface area (Å²) in [5.74, 6) is -1.21. The van der Waals surface area contributed by atoms with Gasteiger partial charge in [0.05, 0.1) is 5.56 Å². The van der Waals surface area contributed by atoms with Gasteiger partial charge < -0.3 is 15.9 Å². The van der Waals surface area contributed by atoms with E-state index in [1.165, 1.54) is 11.3 Å². The number of rotatable bonds is 3. The van der Waals surface area contributed by atoms with Gasteiger partial charge >= 0.3 is 0 Å². The number of carbonyl (C=O) groups excluding carboxylic acids is 2. The van der Waals surface area contributed by atoms with E-state index in [-0.39, 0.29) is 11.1 Å². The van der Waals surface area contributed by atoms with Gasteiger partial charge in [-0.1, -0.05) is 11.6 Å². The number of aryl methyl sites for hydroxylation is 1. The molecule has 0 aliphatic heterocycles. The molecule has 0 atom stereocenters. The molecule has 2 amide bonds. The Hall–Kier alpha value is -2.64. The zero-order chi connectivity index (χ0) is 19.1. The molecule has 0 unspecified atom stereocenters. The third kappa shape index (κ3) is 3.24.